The van der Waals surface area contributed by atoms with Gasteiger partial charge >= 0.3 is 0 Å². The van der Waals surface area contributed by atoms with E-state index in [1.54, 1.807) is 18.3 Å². The van der Waals surface area contributed by atoms with Crippen LogP contribution in [0.1, 0.15) is 45.4 Å². The molecule has 0 aliphatic carbocycles. The number of hydrogen-bond acceptors (Lipinski definition) is 4. The number of thiophene rings is 1. The maximum atomic E-state index is 12.7. The minimum absolute atomic E-state index is 0.0373. The maximum Gasteiger partial charge on any atom is 0.261 e. The fourth-order valence-corrected chi connectivity index (χ4v) is 5.11. The molecule has 148 valence electrons. The first-order valence-electron chi connectivity index (χ1n) is 10.0. The number of likely N-dealkylation sites (tertiary alicyclic amines) is 1. The first-order chi connectivity index (χ1) is 13.6. The molecule has 1 aromatic heterocycles. The molecule has 1 N–H and O–H groups in total. The second-order valence-corrected chi connectivity index (χ2v) is 8.90. The van der Waals surface area contributed by atoms with E-state index in [-0.39, 0.29) is 17.9 Å². The van der Waals surface area contributed by atoms with Crippen LogP contribution in [0.4, 0.5) is 0 Å². The van der Waals surface area contributed by atoms with Crippen molar-refractivity contribution in [2.45, 2.75) is 45.3 Å². The molecule has 0 spiro atoms. The van der Waals surface area contributed by atoms with Crippen LogP contribution in [-0.4, -0.2) is 47.3 Å². The van der Waals surface area contributed by atoms with Gasteiger partial charge in [-0.15, -0.1) is 11.3 Å². The van der Waals surface area contributed by atoms with E-state index in [4.69, 9.17) is 0 Å². The molecule has 0 radical (unpaired) electrons. The number of nitrogens with one attached hydrogen (secondary N) is 1. The van der Waals surface area contributed by atoms with E-state index in [2.05, 4.69) is 34.5 Å². The van der Waals surface area contributed by atoms with Gasteiger partial charge in [0.05, 0.1) is 4.88 Å². The minimum Gasteiger partial charge on any atom is -0.349 e. The molecule has 2 aliphatic heterocycles. The molecule has 0 unspecified atom stereocenters. The maximum absolute atomic E-state index is 12.7. The highest BCUT2D eigenvalue weighted by Crippen LogP contribution is 2.28. The van der Waals surface area contributed by atoms with Gasteiger partial charge in [0.2, 0.25) is 5.91 Å². The first kappa shape index (κ1) is 19.2. The molecule has 3 heterocycles. The number of rotatable bonds is 4. The monoisotopic (exact) mass is 397 g/mol. The number of amides is 2. The zero-order valence-corrected chi connectivity index (χ0v) is 17.1. The van der Waals surface area contributed by atoms with Gasteiger partial charge in [-0.05, 0) is 36.5 Å². The molecular weight excluding hydrogens is 370 g/mol. The van der Waals surface area contributed by atoms with Crippen LogP contribution >= 0.6 is 11.3 Å². The predicted octanol–water partition coefficient (Wildman–Crippen LogP) is 3.05. The van der Waals surface area contributed by atoms with E-state index in [0.717, 1.165) is 55.9 Å². The molecule has 6 heteroatoms. The van der Waals surface area contributed by atoms with Gasteiger partial charge in [-0.3, -0.25) is 14.5 Å². The van der Waals surface area contributed by atoms with Gasteiger partial charge in [-0.25, -0.2) is 0 Å². The quantitative estimate of drug-likeness (QED) is 0.863. The summed E-state index contributed by atoms with van der Waals surface area (Å²) in [6.07, 6.45) is 2.83. The van der Waals surface area contributed by atoms with Crippen molar-refractivity contribution in [1.29, 1.82) is 0 Å². The number of carbonyl (C=O) groups excluding carboxylic acids is 2. The Hall–Kier alpha value is -2.18. The highest BCUT2D eigenvalue weighted by atomic mass is 32.1. The Bertz CT molecular complexity index is 841. The van der Waals surface area contributed by atoms with Crippen molar-refractivity contribution >= 4 is 23.2 Å². The third-order valence-corrected chi connectivity index (χ3v) is 6.94. The third-order valence-electron chi connectivity index (χ3n) is 5.71. The van der Waals surface area contributed by atoms with Crippen LogP contribution in [0, 0.1) is 0 Å². The molecule has 5 nitrogen and oxygen atoms in total. The fraction of sp³-hybridized carbons (Fsp3) is 0.455. The lowest BCUT2D eigenvalue weighted by Gasteiger charge is -2.32. The van der Waals surface area contributed by atoms with Crippen molar-refractivity contribution in [3.05, 3.63) is 57.3 Å². The zero-order chi connectivity index (χ0) is 19.5. The fourth-order valence-electron chi connectivity index (χ4n) is 4.05. The summed E-state index contributed by atoms with van der Waals surface area (Å²) in [7, 11) is 0. The van der Waals surface area contributed by atoms with Crippen molar-refractivity contribution in [3.8, 4) is 0 Å². The van der Waals surface area contributed by atoms with E-state index < -0.39 is 0 Å². The Labute approximate surface area is 170 Å². The average molecular weight is 398 g/mol. The summed E-state index contributed by atoms with van der Waals surface area (Å²) in [4.78, 5) is 30.7. The largest absolute Gasteiger partial charge is 0.349 e. The third kappa shape index (κ3) is 4.45. The van der Waals surface area contributed by atoms with Crippen molar-refractivity contribution < 1.29 is 9.59 Å². The zero-order valence-electron chi connectivity index (χ0n) is 16.3. The minimum atomic E-state index is 0.0373. The smallest absolute Gasteiger partial charge is 0.261 e. The lowest BCUT2D eigenvalue weighted by Crippen LogP contribution is -2.44. The van der Waals surface area contributed by atoms with Gasteiger partial charge in [0.25, 0.3) is 5.91 Å². The Morgan fingerprint density at radius 2 is 1.89 bits per heavy atom. The Balaban J connectivity index is 1.29. The van der Waals surface area contributed by atoms with Crippen molar-refractivity contribution in [3.63, 3.8) is 0 Å². The summed E-state index contributed by atoms with van der Waals surface area (Å²) in [5.41, 5.74) is 2.48. The SMILES string of the molecule is CC(=O)N1CCc2sc(C(=O)NC3CCN(Cc4ccccc4)CC3)cc2C1. The Morgan fingerprint density at radius 1 is 1.14 bits per heavy atom. The molecule has 1 fully saturated rings. The van der Waals surface area contributed by atoms with Crippen LogP contribution in [0.5, 0.6) is 0 Å². The Morgan fingerprint density at radius 3 is 2.61 bits per heavy atom. The molecule has 1 aromatic carbocycles. The lowest BCUT2D eigenvalue weighted by atomic mass is 10.0. The standard InChI is InChI=1S/C22H27N3O2S/c1-16(26)25-12-9-20-18(15-25)13-21(28-20)22(27)23-19-7-10-24(11-8-19)14-17-5-3-2-4-6-17/h2-6,13,19H,7-12,14-15H2,1H3,(H,23,27). The number of carbonyl (C=O) groups is 2. The van der Waals surface area contributed by atoms with Gasteiger partial charge in [-0.2, -0.15) is 0 Å². The van der Waals surface area contributed by atoms with Gasteiger partial charge in [-0.1, -0.05) is 30.3 Å². The van der Waals surface area contributed by atoms with Crippen LogP contribution < -0.4 is 5.32 Å². The molecular formula is C22H27N3O2S. The van der Waals surface area contributed by atoms with Crippen LogP contribution in [0.2, 0.25) is 0 Å². The summed E-state index contributed by atoms with van der Waals surface area (Å²) in [5.74, 6) is 0.139. The van der Waals surface area contributed by atoms with Crippen molar-refractivity contribution in [2.24, 2.45) is 0 Å². The van der Waals surface area contributed by atoms with Gasteiger partial charge in [0, 0.05) is 50.6 Å². The predicted molar refractivity (Wildman–Crippen MR) is 111 cm³/mol. The number of nitrogens with zero attached hydrogens (tertiary/aromatic N) is 2. The summed E-state index contributed by atoms with van der Waals surface area (Å²) >= 11 is 1.59. The summed E-state index contributed by atoms with van der Waals surface area (Å²) in [6.45, 7) is 5.99. The number of hydrogen-bond donors (Lipinski definition) is 1. The number of fused-ring (bicyclic) bond motifs is 1. The van der Waals surface area contributed by atoms with E-state index in [1.807, 2.05) is 17.0 Å². The molecule has 0 bridgehead atoms. The molecule has 2 amide bonds. The van der Waals surface area contributed by atoms with Gasteiger partial charge in [0.15, 0.2) is 0 Å². The highest BCUT2D eigenvalue weighted by molar-refractivity contribution is 7.14. The summed E-state index contributed by atoms with van der Waals surface area (Å²) in [5, 5.41) is 3.23. The molecule has 4 rings (SSSR count). The Kier molecular flexibility index (Phi) is 5.78. The second-order valence-electron chi connectivity index (χ2n) is 7.76. The molecule has 2 aromatic rings. The lowest BCUT2D eigenvalue weighted by molar-refractivity contribution is -0.129. The van der Waals surface area contributed by atoms with Crippen molar-refractivity contribution in [2.75, 3.05) is 19.6 Å². The normalized spacial score (nSPS) is 18.0. The number of piperidine rings is 1. The molecule has 1 saturated heterocycles. The van der Waals surface area contributed by atoms with Crippen LogP contribution in [0.15, 0.2) is 36.4 Å². The van der Waals surface area contributed by atoms with Crippen LogP contribution in [-0.2, 0) is 24.3 Å². The van der Waals surface area contributed by atoms with E-state index >= 15 is 0 Å². The molecule has 0 saturated carbocycles. The highest BCUT2D eigenvalue weighted by Gasteiger charge is 2.25. The molecule has 0 atom stereocenters. The summed E-state index contributed by atoms with van der Waals surface area (Å²) < 4.78 is 0. The van der Waals surface area contributed by atoms with Gasteiger partial charge < -0.3 is 10.2 Å². The topological polar surface area (TPSA) is 52.7 Å². The van der Waals surface area contributed by atoms with Gasteiger partial charge in [0.1, 0.15) is 0 Å². The van der Waals surface area contributed by atoms with Crippen LogP contribution in [0.3, 0.4) is 0 Å². The van der Waals surface area contributed by atoms with E-state index in [9.17, 15) is 9.59 Å². The molecule has 28 heavy (non-hydrogen) atoms. The first-order valence-corrected chi connectivity index (χ1v) is 10.8. The van der Waals surface area contributed by atoms with Crippen molar-refractivity contribution in [1.82, 2.24) is 15.1 Å². The average Bonchev–Trinajstić information content (AvgIpc) is 3.14. The van der Waals surface area contributed by atoms with Crippen LogP contribution in [0.25, 0.3) is 0 Å². The number of benzene rings is 1. The second kappa shape index (κ2) is 8.45. The molecule has 2 aliphatic rings. The summed E-state index contributed by atoms with van der Waals surface area (Å²) in [6, 6.07) is 12.8. The van der Waals surface area contributed by atoms with E-state index in [0.29, 0.717) is 6.54 Å². The van der Waals surface area contributed by atoms with E-state index in [1.165, 1.54) is 10.4 Å².